The van der Waals surface area contributed by atoms with Gasteiger partial charge in [0.15, 0.2) is 5.82 Å². The first-order valence-electron chi connectivity index (χ1n) is 22.1. The lowest BCUT2D eigenvalue weighted by Gasteiger charge is -2.12. The van der Waals surface area contributed by atoms with Gasteiger partial charge >= 0.3 is 0 Å². The molecule has 13 aromatic rings. The van der Waals surface area contributed by atoms with Crippen LogP contribution >= 0.6 is 0 Å². The number of hydrogen-bond donors (Lipinski definition) is 0. The number of furan rings is 1. The Hall–Kier alpha value is -8.66. The monoisotopic (exact) mass is 826 g/mol. The van der Waals surface area contributed by atoms with Crippen molar-refractivity contribution in [2.75, 3.05) is 0 Å². The van der Waals surface area contributed by atoms with Gasteiger partial charge in [-0.05, 0) is 107 Å². The highest BCUT2D eigenvalue weighted by atomic mass is 16.3. The molecule has 0 amide bonds. The van der Waals surface area contributed by atoms with Crippen molar-refractivity contribution in [2.24, 2.45) is 0 Å². The number of nitrogens with zero attached hydrogens (tertiary/aromatic N) is 2. The molecule has 2 aromatic heterocycles. The van der Waals surface area contributed by atoms with Gasteiger partial charge in [0, 0.05) is 32.8 Å². The van der Waals surface area contributed by atoms with Gasteiger partial charge in [0.05, 0.1) is 11.4 Å². The third kappa shape index (κ3) is 6.28. The minimum absolute atomic E-state index is 0.696. The summed E-state index contributed by atoms with van der Waals surface area (Å²) in [5, 5.41) is 12.1. The highest BCUT2D eigenvalue weighted by molar-refractivity contribution is 6.26. The lowest BCUT2D eigenvalue weighted by Crippen LogP contribution is -1.96. The van der Waals surface area contributed by atoms with Gasteiger partial charge in [-0.3, -0.25) is 0 Å². The number of rotatable bonds is 6. The Bertz CT molecular complexity index is 3950. The fourth-order valence-electron chi connectivity index (χ4n) is 9.87. The summed E-state index contributed by atoms with van der Waals surface area (Å²) < 4.78 is 6.82. The van der Waals surface area contributed by atoms with E-state index >= 15 is 0 Å². The molecule has 11 aromatic carbocycles. The van der Waals surface area contributed by atoms with E-state index in [1.165, 1.54) is 43.4 Å². The summed E-state index contributed by atoms with van der Waals surface area (Å²) in [6.07, 6.45) is 0. The van der Waals surface area contributed by atoms with Gasteiger partial charge in [0.1, 0.15) is 11.2 Å². The highest BCUT2D eigenvalue weighted by Gasteiger charge is 2.18. The molecule has 13 rings (SSSR count). The Morgan fingerprint density at radius 1 is 0.246 bits per heavy atom. The molecule has 0 unspecified atom stereocenters. The highest BCUT2D eigenvalue weighted by Crippen LogP contribution is 2.43. The van der Waals surface area contributed by atoms with Crippen LogP contribution in [0.25, 0.3) is 132 Å². The third-order valence-electron chi connectivity index (χ3n) is 13.1. The molecule has 0 aliphatic rings. The summed E-state index contributed by atoms with van der Waals surface area (Å²) in [4.78, 5) is 10.3. The van der Waals surface area contributed by atoms with E-state index in [4.69, 9.17) is 14.4 Å². The quantitative estimate of drug-likeness (QED) is 0.157. The predicted octanol–water partition coefficient (Wildman–Crippen LogP) is 17.0. The first-order valence-corrected chi connectivity index (χ1v) is 22.1. The van der Waals surface area contributed by atoms with Crippen molar-refractivity contribution < 1.29 is 4.42 Å². The summed E-state index contributed by atoms with van der Waals surface area (Å²) in [6, 6.07) is 82.2. The smallest absolute Gasteiger partial charge is 0.160 e. The van der Waals surface area contributed by atoms with Gasteiger partial charge in [-0.15, -0.1) is 0 Å². The topological polar surface area (TPSA) is 38.9 Å². The van der Waals surface area contributed by atoms with E-state index in [-0.39, 0.29) is 0 Å². The largest absolute Gasteiger partial charge is 0.455 e. The fourth-order valence-corrected chi connectivity index (χ4v) is 9.87. The molecule has 3 heteroatoms. The van der Waals surface area contributed by atoms with Crippen LogP contribution in [0.4, 0.5) is 0 Å². The molecule has 2 heterocycles. The summed E-state index contributed by atoms with van der Waals surface area (Å²) >= 11 is 0. The Labute approximate surface area is 375 Å². The zero-order valence-corrected chi connectivity index (χ0v) is 35.2. The van der Waals surface area contributed by atoms with Crippen molar-refractivity contribution >= 4 is 65.0 Å². The van der Waals surface area contributed by atoms with Crippen LogP contribution in [0.15, 0.2) is 235 Å². The minimum Gasteiger partial charge on any atom is -0.455 e. The van der Waals surface area contributed by atoms with Crippen LogP contribution in [0, 0.1) is 0 Å². The average molecular weight is 827 g/mol. The molecular weight excluding hydrogens is 789 g/mol. The van der Waals surface area contributed by atoms with Crippen molar-refractivity contribution in [3.8, 4) is 67.3 Å². The molecular formula is C62H38N2O. The molecule has 0 bridgehead atoms. The summed E-state index contributed by atoms with van der Waals surface area (Å²) in [5.74, 6) is 0.696. The lowest BCUT2D eigenvalue weighted by atomic mass is 9.92. The lowest BCUT2D eigenvalue weighted by molar-refractivity contribution is 0.673. The Balaban J connectivity index is 0.899. The van der Waals surface area contributed by atoms with Crippen molar-refractivity contribution in [3.05, 3.63) is 231 Å². The maximum Gasteiger partial charge on any atom is 0.160 e. The van der Waals surface area contributed by atoms with Crippen molar-refractivity contribution in [1.82, 2.24) is 9.97 Å². The van der Waals surface area contributed by atoms with E-state index < -0.39 is 0 Å². The van der Waals surface area contributed by atoms with Crippen LogP contribution in [0.3, 0.4) is 0 Å². The number of benzene rings is 11. The standard InChI is InChI=1S/C62H38N2O/c1-3-14-39(15-4-1)43-18-13-19-46(34-43)59-38-58(63-62(64-59)42-16-5-2-6-17-42)41-28-26-40(27-29-41)55-37-57-53-33-31-45(36-60(53)65-61(57)54-25-12-11-24-51(54)55)44-30-32-52-49-22-8-7-20-47(49)48-21-9-10-23-50(48)56(52)35-44/h1-38H. The maximum atomic E-state index is 6.82. The molecule has 0 aliphatic heterocycles. The molecule has 65 heavy (non-hydrogen) atoms. The van der Waals surface area contributed by atoms with Gasteiger partial charge in [-0.25, -0.2) is 9.97 Å². The van der Waals surface area contributed by atoms with Crippen molar-refractivity contribution in [3.63, 3.8) is 0 Å². The van der Waals surface area contributed by atoms with Crippen LogP contribution in [-0.4, -0.2) is 9.97 Å². The third-order valence-corrected chi connectivity index (χ3v) is 13.1. The zero-order valence-electron chi connectivity index (χ0n) is 35.2. The molecule has 0 radical (unpaired) electrons. The second-order valence-corrected chi connectivity index (χ2v) is 16.9. The van der Waals surface area contributed by atoms with E-state index in [1.807, 2.05) is 24.3 Å². The normalized spacial score (nSPS) is 11.7. The zero-order chi connectivity index (χ0) is 42.8. The van der Waals surface area contributed by atoms with E-state index in [0.717, 1.165) is 83.0 Å². The Kier molecular flexibility index (Phi) is 8.53. The first-order chi connectivity index (χ1) is 32.2. The van der Waals surface area contributed by atoms with Crippen LogP contribution in [0.1, 0.15) is 0 Å². The Morgan fingerprint density at radius 3 is 1.42 bits per heavy atom. The number of fused-ring (bicyclic) bond motifs is 11. The molecule has 0 spiro atoms. The molecule has 3 nitrogen and oxygen atoms in total. The predicted molar refractivity (Wildman–Crippen MR) is 272 cm³/mol. The first kappa shape index (κ1) is 36.9. The fraction of sp³-hybridized carbons (Fsp3) is 0. The summed E-state index contributed by atoms with van der Waals surface area (Å²) in [7, 11) is 0. The van der Waals surface area contributed by atoms with Crippen LogP contribution in [0.5, 0.6) is 0 Å². The van der Waals surface area contributed by atoms with E-state index in [1.54, 1.807) is 0 Å². The van der Waals surface area contributed by atoms with Crippen LogP contribution in [-0.2, 0) is 0 Å². The van der Waals surface area contributed by atoms with Gasteiger partial charge in [-0.1, -0.05) is 194 Å². The molecule has 0 aliphatic carbocycles. The van der Waals surface area contributed by atoms with Crippen LogP contribution in [0.2, 0.25) is 0 Å². The number of hydrogen-bond acceptors (Lipinski definition) is 3. The van der Waals surface area contributed by atoms with E-state index in [0.29, 0.717) is 5.82 Å². The average Bonchev–Trinajstić information content (AvgIpc) is 3.77. The molecule has 0 saturated carbocycles. The molecule has 302 valence electrons. The van der Waals surface area contributed by atoms with Gasteiger partial charge in [0.25, 0.3) is 0 Å². The molecule has 0 atom stereocenters. The van der Waals surface area contributed by atoms with Crippen molar-refractivity contribution in [1.29, 1.82) is 0 Å². The van der Waals surface area contributed by atoms with Crippen molar-refractivity contribution in [2.45, 2.75) is 0 Å². The second kappa shape index (κ2) is 15.0. The summed E-state index contributed by atoms with van der Waals surface area (Å²) in [5.41, 5.74) is 13.5. The molecule has 0 fully saturated rings. The minimum atomic E-state index is 0.696. The summed E-state index contributed by atoms with van der Waals surface area (Å²) in [6.45, 7) is 0. The molecule has 0 saturated heterocycles. The van der Waals surface area contributed by atoms with Gasteiger partial charge in [0.2, 0.25) is 0 Å². The van der Waals surface area contributed by atoms with E-state index in [9.17, 15) is 0 Å². The van der Waals surface area contributed by atoms with Gasteiger partial charge < -0.3 is 4.42 Å². The van der Waals surface area contributed by atoms with E-state index in [2.05, 4.69) is 206 Å². The SMILES string of the molecule is c1ccc(-c2cccc(-c3cc(-c4ccc(-c5cc6c7ccc(-c8ccc9c%10ccccc%10c%10ccccc%10c9c8)cc7oc6c6ccccc56)cc4)nc(-c4ccccc4)n3)c2)cc1. The molecule has 0 N–H and O–H groups in total. The second-order valence-electron chi connectivity index (χ2n) is 16.9. The number of aromatic nitrogens is 2. The van der Waals surface area contributed by atoms with Crippen LogP contribution < -0.4 is 0 Å². The van der Waals surface area contributed by atoms with Gasteiger partial charge in [-0.2, -0.15) is 0 Å². The Morgan fingerprint density at radius 2 is 0.723 bits per heavy atom. The maximum absolute atomic E-state index is 6.82.